The summed E-state index contributed by atoms with van der Waals surface area (Å²) >= 11 is 0. The van der Waals surface area contributed by atoms with Crippen molar-refractivity contribution in [1.29, 1.82) is 0 Å². The zero-order valence-corrected chi connectivity index (χ0v) is 20.1. The SMILES string of the molecule is CCOc1ccc(C[C@@H](N)C(=O)N[C@@H](Cc2ccccc2)C(=O)NCc2ccc(CN)cc2)cc1. The molecule has 7 heteroatoms. The molecule has 7 nitrogen and oxygen atoms in total. The number of nitrogens with two attached hydrogens (primary N) is 2. The fourth-order valence-corrected chi connectivity index (χ4v) is 3.68. The van der Waals surface area contributed by atoms with Gasteiger partial charge in [-0.3, -0.25) is 9.59 Å². The summed E-state index contributed by atoms with van der Waals surface area (Å²) in [5, 5.41) is 5.78. The Balaban J connectivity index is 1.63. The highest BCUT2D eigenvalue weighted by Gasteiger charge is 2.24. The first-order chi connectivity index (χ1) is 17.0. The second kappa shape index (κ2) is 13.3. The Kier molecular flexibility index (Phi) is 9.83. The first-order valence-electron chi connectivity index (χ1n) is 11.9. The van der Waals surface area contributed by atoms with Gasteiger partial charge in [-0.05, 0) is 47.7 Å². The summed E-state index contributed by atoms with van der Waals surface area (Å²) in [7, 11) is 0. The van der Waals surface area contributed by atoms with Crippen LogP contribution in [-0.2, 0) is 35.5 Å². The van der Waals surface area contributed by atoms with Crippen molar-refractivity contribution < 1.29 is 14.3 Å². The second-order valence-electron chi connectivity index (χ2n) is 8.38. The van der Waals surface area contributed by atoms with Gasteiger partial charge < -0.3 is 26.8 Å². The Morgan fingerprint density at radius 2 is 1.40 bits per heavy atom. The number of hydrogen-bond acceptors (Lipinski definition) is 5. The average molecular weight is 475 g/mol. The molecule has 0 unspecified atom stereocenters. The van der Waals surface area contributed by atoms with E-state index in [4.69, 9.17) is 16.2 Å². The van der Waals surface area contributed by atoms with E-state index >= 15 is 0 Å². The van der Waals surface area contributed by atoms with Gasteiger partial charge in [0.1, 0.15) is 11.8 Å². The molecule has 0 fully saturated rings. The summed E-state index contributed by atoms with van der Waals surface area (Å²) in [5.74, 6) is 0.132. The van der Waals surface area contributed by atoms with Crippen LogP contribution in [0, 0.1) is 0 Å². The molecule has 0 saturated heterocycles. The summed E-state index contributed by atoms with van der Waals surface area (Å²) in [4.78, 5) is 26.0. The number of carbonyl (C=O) groups excluding carboxylic acids is 2. The van der Waals surface area contributed by atoms with E-state index < -0.39 is 12.1 Å². The van der Waals surface area contributed by atoms with Crippen molar-refractivity contribution in [3.8, 4) is 5.75 Å². The van der Waals surface area contributed by atoms with Crippen molar-refractivity contribution in [3.05, 3.63) is 101 Å². The topological polar surface area (TPSA) is 119 Å². The third-order valence-corrected chi connectivity index (χ3v) is 5.67. The van der Waals surface area contributed by atoms with Crippen LogP contribution in [0.2, 0.25) is 0 Å². The van der Waals surface area contributed by atoms with Crippen LogP contribution in [0.5, 0.6) is 5.75 Å². The fourth-order valence-electron chi connectivity index (χ4n) is 3.68. The smallest absolute Gasteiger partial charge is 0.243 e. The summed E-state index contributed by atoms with van der Waals surface area (Å²) in [5.41, 5.74) is 15.7. The van der Waals surface area contributed by atoms with Crippen molar-refractivity contribution in [2.24, 2.45) is 11.5 Å². The molecule has 0 radical (unpaired) electrons. The molecule has 3 rings (SSSR count). The highest BCUT2D eigenvalue weighted by molar-refractivity contribution is 5.90. The molecule has 35 heavy (non-hydrogen) atoms. The van der Waals surface area contributed by atoms with E-state index in [9.17, 15) is 9.59 Å². The number of rotatable bonds is 12. The van der Waals surface area contributed by atoms with Gasteiger partial charge in [-0.2, -0.15) is 0 Å². The molecule has 0 spiro atoms. The molecule has 0 saturated carbocycles. The Hall–Kier alpha value is -3.68. The van der Waals surface area contributed by atoms with Crippen LogP contribution in [0.15, 0.2) is 78.9 Å². The van der Waals surface area contributed by atoms with Gasteiger partial charge in [0.05, 0.1) is 12.6 Å². The Morgan fingerprint density at radius 3 is 2.03 bits per heavy atom. The molecule has 0 aromatic heterocycles. The van der Waals surface area contributed by atoms with Crippen molar-refractivity contribution in [1.82, 2.24) is 10.6 Å². The predicted molar refractivity (Wildman–Crippen MR) is 138 cm³/mol. The van der Waals surface area contributed by atoms with E-state index in [-0.39, 0.29) is 11.8 Å². The number of nitrogens with one attached hydrogen (secondary N) is 2. The number of ether oxygens (including phenoxy) is 1. The van der Waals surface area contributed by atoms with Gasteiger partial charge in [0.2, 0.25) is 11.8 Å². The number of hydrogen-bond donors (Lipinski definition) is 4. The number of carbonyl (C=O) groups is 2. The molecule has 3 aromatic rings. The lowest BCUT2D eigenvalue weighted by Gasteiger charge is -2.21. The zero-order chi connectivity index (χ0) is 25.0. The first-order valence-corrected chi connectivity index (χ1v) is 11.9. The molecule has 2 atom stereocenters. The number of amides is 2. The van der Waals surface area contributed by atoms with Crippen molar-refractivity contribution in [3.63, 3.8) is 0 Å². The van der Waals surface area contributed by atoms with Crippen LogP contribution in [0.1, 0.15) is 29.2 Å². The van der Waals surface area contributed by atoms with Crippen LogP contribution < -0.4 is 26.8 Å². The van der Waals surface area contributed by atoms with Crippen LogP contribution >= 0.6 is 0 Å². The van der Waals surface area contributed by atoms with Gasteiger partial charge in [0, 0.05) is 19.5 Å². The Labute approximate surface area is 206 Å². The van der Waals surface area contributed by atoms with E-state index in [1.54, 1.807) is 0 Å². The summed E-state index contributed by atoms with van der Waals surface area (Å²) < 4.78 is 5.45. The minimum absolute atomic E-state index is 0.265. The monoisotopic (exact) mass is 474 g/mol. The standard InChI is InChI=1S/C28H34N4O3/c1-2-35-24-14-12-21(13-15-24)16-25(30)27(33)32-26(17-20-6-4-3-5-7-20)28(34)31-19-23-10-8-22(18-29)9-11-23/h3-15,25-26H,2,16-19,29-30H2,1H3,(H,31,34)(H,32,33)/t25-,26+/m1/s1. The van der Waals surface area contributed by atoms with Crippen molar-refractivity contribution >= 4 is 11.8 Å². The molecule has 0 bridgehead atoms. The van der Waals surface area contributed by atoms with E-state index in [0.717, 1.165) is 28.0 Å². The van der Waals surface area contributed by atoms with Gasteiger partial charge in [-0.15, -0.1) is 0 Å². The second-order valence-corrected chi connectivity index (χ2v) is 8.38. The van der Waals surface area contributed by atoms with Gasteiger partial charge in [0.15, 0.2) is 0 Å². The van der Waals surface area contributed by atoms with E-state index in [1.165, 1.54) is 0 Å². The molecule has 2 amide bonds. The maximum Gasteiger partial charge on any atom is 0.243 e. The van der Waals surface area contributed by atoms with Gasteiger partial charge >= 0.3 is 0 Å². The predicted octanol–water partition coefficient (Wildman–Crippen LogP) is 2.46. The van der Waals surface area contributed by atoms with Gasteiger partial charge in [-0.25, -0.2) is 0 Å². The quantitative estimate of drug-likeness (QED) is 0.321. The minimum Gasteiger partial charge on any atom is -0.494 e. The molecular formula is C28H34N4O3. The minimum atomic E-state index is -0.789. The van der Waals surface area contributed by atoms with Gasteiger partial charge in [-0.1, -0.05) is 66.7 Å². The Bertz CT molecular complexity index is 1070. The zero-order valence-electron chi connectivity index (χ0n) is 20.1. The largest absolute Gasteiger partial charge is 0.494 e. The number of benzene rings is 3. The highest BCUT2D eigenvalue weighted by Crippen LogP contribution is 2.13. The molecule has 3 aromatic carbocycles. The third kappa shape index (κ3) is 8.24. The van der Waals surface area contributed by atoms with Crippen LogP contribution in [0.3, 0.4) is 0 Å². The summed E-state index contributed by atoms with van der Waals surface area (Å²) in [6.07, 6.45) is 0.714. The summed E-state index contributed by atoms with van der Waals surface area (Å²) in [6.45, 7) is 3.33. The molecule has 6 N–H and O–H groups in total. The van der Waals surface area contributed by atoms with Crippen molar-refractivity contribution in [2.45, 2.75) is 44.9 Å². The van der Waals surface area contributed by atoms with Gasteiger partial charge in [0.25, 0.3) is 0 Å². The van der Waals surface area contributed by atoms with E-state index in [0.29, 0.717) is 32.5 Å². The maximum atomic E-state index is 13.1. The average Bonchev–Trinajstić information content (AvgIpc) is 2.89. The lowest BCUT2D eigenvalue weighted by atomic mass is 10.0. The maximum absolute atomic E-state index is 13.1. The molecule has 0 aliphatic carbocycles. The molecule has 0 aliphatic heterocycles. The Morgan fingerprint density at radius 1 is 0.800 bits per heavy atom. The van der Waals surface area contributed by atoms with Crippen LogP contribution in [-0.4, -0.2) is 30.5 Å². The lowest BCUT2D eigenvalue weighted by molar-refractivity contribution is -0.129. The highest BCUT2D eigenvalue weighted by atomic mass is 16.5. The third-order valence-electron chi connectivity index (χ3n) is 5.67. The van der Waals surface area contributed by atoms with Crippen LogP contribution in [0.4, 0.5) is 0 Å². The summed E-state index contributed by atoms with van der Waals surface area (Å²) in [6, 6.07) is 23.3. The first kappa shape index (κ1) is 25.9. The molecule has 0 aliphatic rings. The lowest BCUT2D eigenvalue weighted by Crippen LogP contribution is -2.52. The van der Waals surface area contributed by atoms with E-state index in [2.05, 4.69) is 10.6 Å². The molecule has 184 valence electrons. The van der Waals surface area contributed by atoms with Crippen molar-refractivity contribution in [2.75, 3.05) is 6.61 Å². The van der Waals surface area contributed by atoms with E-state index in [1.807, 2.05) is 85.8 Å². The molecular weight excluding hydrogens is 440 g/mol. The molecule has 0 heterocycles. The fraction of sp³-hybridized carbons (Fsp3) is 0.286. The van der Waals surface area contributed by atoms with Crippen LogP contribution in [0.25, 0.3) is 0 Å². The normalized spacial score (nSPS) is 12.4.